The molecule has 4 aromatic carbocycles. The molecule has 0 aliphatic heterocycles. The van der Waals surface area contributed by atoms with Crippen molar-refractivity contribution in [2.75, 3.05) is 6.54 Å². The summed E-state index contributed by atoms with van der Waals surface area (Å²) in [6, 6.07) is 23.8. The van der Waals surface area contributed by atoms with Crippen LogP contribution in [0.15, 0.2) is 77.8 Å². The van der Waals surface area contributed by atoms with Crippen molar-refractivity contribution < 1.29 is 10.2 Å². The van der Waals surface area contributed by atoms with Gasteiger partial charge < -0.3 is 10.2 Å². The van der Waals surface area contributed by atoms with Crippen LogP contribution in [0.25, 0.3) is 21.5 Å². The van der Waals surface area contributed by atoms with Crippen molar-refractivity contribution >= 4 is 27.8 Å². The van der Waals surface area contributed by atoms with E-state index >= 15 is 0 Å². The Morgan fingerprint density at radius 1 is 0.731 bits per heavy atom. The van der Waals surface area contributed by atoms with Gasteiger partial charge in [0.25, 0.3) is 0 Å². The molecule has 0 unspecified atom stereocenters. The number of hydrogen-bond acceptors (Lipinski definition) is 3. The third kappa shape index (κ3) is 3.11. The van der Waals surface area contributed by atoms with E-state index in [-0.39, 0.29) is 11.5 Å². The number of phenolic OH excluding ortho intramolecular Hbond substituents is 2. The minimum Gasteiger partial charge on any atom is -0.504 e. The Morgan fingerprint density at radius 2 is 1.38 bits per heavy atom. The van der Waals surface area contributed by atoms with Crippen LogP contribution < -0.4 is 0 Å². The van der Waals surface area contributed by atoms with Crippen molar-refractivity contribution in [3.8, 4) is 11.5 Å². The fourth-order valence-corrected chi connectivity index (χ4v) is 3.26. The van der Waals surface area contributed by atoms with Crippen LogP contribution in [0.1, 0.15) is 11.1 Å². The van der Waals surface area contributed by atoms with Crippen LogP contribution in [0.3, 0.4) is 0 Å². The summed E-state index contributed by atoms with van der Waals surface area (Å²) in [4.78, 5) is 4.62. The molecule has 128 valence electrons. The lowest BCUT2D eigenvalue weighted by atomic mass is 9.97. The van der Waals surface area contributed by atoms with Crippen LogP contribution in [0, 0.1) is 0 Å². The van der Waals surface area contributed by atoms with Gasteiger partial charge in [-0.1, -0.05) is 54.6 Å². The normalized spacial score (nSPS) is 11.5. The smallest absolute Gasteiger partial charge is 0.157 e. The van der Waals surface area contributed by atoms with Crippen molar-refractivity contribution in [3.63, 3.8) is 0 Å². The van der Waals surface area contributed by atoms with Crippen LogP contribution in [0.5, 0.6) is 11.5 Å². The summed E-state index contributed by atoms with van der Waals surface area (Å²) in [5, 5.41) is 23.8. The van der Waals surface area contributed by atoms with E-state index in [1.165, 1.54) is 27.6 Å². The summed E-state index contributed by atoms with van der Waals surface area (Å²) in [6.45, 7) is 0.613. The van der Waals surface area contributed by atoms with Crippen LogP contribution in [0.4, 0.5) is 0 Å². The molecule has 0 saturated heterocycles. The number of phenols is 2. The molecule has 26 heavy (non-hydrogen) atoms. The van der Waals surface area contributed by atoms with Crippen molar-refractivity contribution in [1.82, 2.24) is 0 Å². The standard InChI is InChI=1S/C23H19NO2/c25-22-10-9-16(13-23(22)26)11-12-24-15-21-19-7-3-1-5-17(19)14-18-6-2-4-8-20(18)21/h1-10,13-15,25-26H,11-12H2. The minimum absolute atomic E-state index is 0.0912. The fraction of sp³-hybridized carbons (Fsp3) is 0.0870. The third-order valence-corrected chi connectivity index (χ3v) is 4.60. The van der Waals surface area contributed by atoms with Gasteiger partial charge in [-0.05, 0) is 51.7 Å². The summed E-state index contributed by atoms with van der Waals surface area (Å²) in [6.07, 6.45) is 2.65. The van der Waals surface area contributed by atoms with Gasteiger partial charge in [-0.15, -0.1) is 0 Å². The van der Waals surface area contributed by atoms with Gasteiger partial charge in [0.05, 0.1) is 0 Å². The summed E-state index contributed by atoms with van der Waals surface area (Å²) in [5.74, 6) is -0.189. The Morgan fingerprint density at radius 3 is 2.04 bits per heavy atom. The molecule has 0 atom stereocenters. The zero-order chi connectivity index (χ0) is 17.9. The van der Waals surface area contributed by atoms with Crippen molar-refractivity contribution in [1.29, 1.82) is 0 Å². The highest BCUT2D eigenvalue weighted by atomic mass is 16.3. The van der Waals surface area contributed by atoms with Crippen molar-refractivity contribution in [2.24, 2.45) is 4.99 Å². The predicted molar refractivity (Wildman–Crippen MR) is 107 cm³/mol. The number of aromatic hydroxyl groups is 2. The van der Waals surface area contributed by atoms with E-state index in [1.807, 2.05) is 18.3 Å². The van der Waals surface area contributed by atoms with Gasteiger partial charge in [-0.3, -0.25) is 4.99 Å². The average molecular weight is 341 g/mol. The number of benzene rings is 4. The second kappa shape index (κ2) is 6.89. The molecular formula is C23H19NO2. The molecule has 3 nitrogen and oxygen atoms in total. The second-order valence-corrected chi connectivity index (χ2v) is 6.34. The van der Waals surface area contributed by atoms with E-state index in [2.05, 4.69) is 47.5 Å². The van der Waals surface area contributed by atoms with Crippen molar-refractivity contribution in [3.05, 3.63) is 83.9 Å². The van der Waals surface area contributed by atoms with Crippen LogP contribution in [-0.2, 0) is 6.42 Å². The highest BCUT2D eigenvalue weighted by Crippen LogP contribution is 2.27. The summed E-state index contributed by atoms with van der Waals surface area (Å²) in [5.41, 5.74) is 2.08. The van der Waals surface area contributed by atoms with E-state index in [1.54, 1.807) is 12.1 Å². The number of fused-ring (bicyclic) bond motifs is 2. The molecule has 2 N–H and O–H groups in total. The van der Waals surface area contributed by atoms with Gasteiger partial charge >= 0.3 is 0 Å². The molecule has 0 amide bonds. The van der Waals surface area contributed by atoms with Gasteiger partial charge in [-0.2, -0.15) is 0 Å². The molecule has 0 saturated carbocycles. The van der Waals surface area contributed by atoms with Gasteiger partial charge in [0, 0.05) is 18.3 Å². The molecule has 0 aromatic heterocycles. The first-order valence-electron chi connectivity index (χ1n) is 8.63. The Labute approximate surface area is 151 Å². The van der Waals surface area contributed by atoms with E-state index in [4.69, 9.17) is 0 Å². The van der Waals surface area contributed by atoms with Crippen LogP contribution in [-0.4, -0.2) is 23.0 Å². The third-order valence-electron chi connectivity index (χ3n) is 4.60. The molecule has 0 aliphatic carbocycles. The predicted octanol–water partition coefficient (Wildman–Crippen LogP) is 5.07. The van der Waals surface area contributed by atoms with Crippen LogP contribution in [0.2, 0.25) is 0 Å². The highest BCUT2D eigenvalue weighted by Gasteiger charge is 2.05. The highest BCUT2D eigenvalue weighted by molar-refractivity contribution is 6.13. The lowest BCUT2D eigenvalue weighted by molar-refractivity contribution is 0.403. The Hall–Kier alpha value is -3.33. The lowest BCUT2D eigenvalue weighted by Crippen LogP contribution is -1.93. The first-order valence-corrected chi connectivity index (χ1v) is 8.63. The Balaban J connectivity index is 1.64. The van der Waals surface area contributed by atoms with E-state index in [0.29, 0.717) is 13.0 Å². The molecule has 3 heteroatoms. The maximum Gasteiger partial charge on any atom is 0.157 e. The first kappa shape index (κ1) is 16.2. The maximum absolute atomic E-state index is 9.58. The molecule has 0 fully saturated rings. The Kier molecular flexibility index (Phi) is 4.28. The molecule has 0 aliphatic rings. The van der Waals surface area contributed by atoms with Crippen LogP contribution >= 0.6 is 0 Å². The van der Waals surface area contributed by atoms with E-state index < -0.39 is 0 Å². The minimum atomic E-state index is -0.0977. The van der Waals surface area contributed by atoms with Gasteiger partial charge in [0.1, 0.15) is 0 Å². The molecule has 4 rings (SSSR count). The SMILES string of the molecule is Oc1ccc(CCN=Cc2c3ccccc3cc3ccccc23)cc1O. The zero-order valence-electron chi connectivity index (χ0n) is 14.3. The van der Waals surface area contributed by atoms with Gasteiger partial charge in [-0.25, -0.2) is 0 Å². The summed E-state index contributed by atoms with van der Waals surface area (Å²) in [7, 11) is 0. The molecule has 0 bridgehead atoms. The quantitative estimate of drug-likeness (QED) is 0.309. The largest absolute Gasteiger partial charge is 0.504 e. The molecule has 0 spiro atoms. The molecule has 0 heterocycles. The topological polar surface area (TPSA) is 52.8 Å². The number of nitrogens with zero attached hydrogens (tertiary/aromatic N) is 1. The maximum atomic E-state index is 9.58. The van der Waals surface area contributed by atoms with Crippen molar-refractivity contribution in [2.45, 2.75) is 6.42 Å². The summed E-state index contributed by atoms with van der Waals surface area (Å²) < 4.78 is 0. The number of rotatable bonds is 4. The zero-order valence-corrected chi connectivity index (χ0v) is 14.3. The molecular weight excluding hydrogens is 322 g/mol. The average Bonchev–Trinajstić information content (AvgIpc) is 2.67. The molecule has 4 aromatic rings. The number of hydrogen-bond donors (Lipinski definition) is 2. The van der Waals surface area contributed by atoms with Gasteiger partial charge in [0.15, 0.2) is 11.5 Å². The first-order chi connectivity index (χ1) is 12.7. The van der Waals surface area contributed by atoms with E-state index in [9.17, 15) is 10.2 Å². The Bertz CT molecular complexity index is 1060. The lowest BCUT2D eigenvalue weighted by Gasteiger charge is -2.08. The monoisotopic (exact) mass is 341 g/mol. The fourth-order valence-electron chi connectivity index (χ4n) is 3.26. The molecule has 0 radical (unpaired) electrons. The second-order valence-electron chi connectivity index (χ2n) is 6.34. The van der Waals surface area contributed by atoms with E-state index in [0.717, 1.165) is 11.1 Å². The van der Waals surface area contributed by atoms with Gasteiger partial charge in [0.2, 0.25) is 0 Å². The number of aliphatic imine (C=N–C) groups is 1. The summed E-state index contributed by atoms with van der Waals surface area (Å²) >= 11 is 0.